The molecule has 1 fully saturated rings. The third-order valence-electron chi connectivity index (χ3n) is 10.5. The Kier molecular flexibility index (Phi) is 7.28. The van der Waals surface area contributed by atoms with Gasteiger partial charge < -0.3 is 18.1 Å². The van der Waals surface area contributed by atoms with Gasteiger partial charge in [0.2, 0.25) is 0 Å². The number of nitrogens with zero attached hydrogens (tertiary/aromatic N) is 3. The van der Waals surface area contributed by atoms with Crippen LogP contribution in [0.1, 0.15) is 27.7 Å². The Hall–Kier alpha value is -4.98. The van der Waals surface area contributed by atoms with Crippen molar-refractivity contribution in [3.8, 4) is 34.2 Å². The van der Waals surface area contributed by atoms with E-state index in [1.54, 1.807) is 0 Å². The van der Waals surface area contributed by atoms with Crippen LogP contribution in [0.5, 0.6) is 0 Å². The van der Waals surface area contributed by atoms with Crippen molar-refractivity contribution in [3.05, 3.63) is 78.9 Å². The molecule has 5 aromatic carbocycles. The fourth-order valence-corrected chi connectivity index (χ4v) is 6.76. The summed E-state index contributed by atoms with van der Waals surface area (Å²) in [6, 6.07) is 25.5. The lowest BCUT2D eigenvalue weighted by Crippen LogP contribution is -2.55. The van der Waals surface area contributed by atoms with E-state index in [0.29, 0.717) is 39.5 Å². The number of aromatic nitrogens is 3. The molecule has 3 aromatic heterocycles. The van der Waals surface area contributed by atoms with Crippen LogP contribution in [0.25, 0.3) is 78.0 Å². The van der Waals surface area contributed by atoms with E-state index in [4.69, 9.17) is 72.3 Å². The Labute approximate surface area is 307 Å². The summed E-state index contributed by atoms with van der Waals surface area (Å²) in [5.41, 5.74) is 4.89. The molecule has 1 aliphatic rings. The molecule has 10 radical (unpaired) electrons. The van der Waals surface area contributed by atoms with Crippen LogP contribution in [0.15, 0.2) is 87.7 Å². The molecule has 7 nitrogen and oxygen atoms in total. The van der Waals surface area contributed by atoms with Crippen molar-refractivity contribution in [1.82, 2.24) is 15.0 Å². The van der Waals surface area contributed by atoms with Crippen molar-refractivity contribution < 1.29 is 18.1 Å². The maximum absolute atomic E-state index is 6.50. The maximum Gasteiger partial charge on any atom is 0.494 e. The molecule has 0 N–H and O–H groups in total. The van der Waals surface area contributed by atoms with E-state index in [1.165, 1.54) is 0 Å². The Morgan fingerprint density at radius 1 is 0.481 bits per heavy atom. The Balaban J connectivity index is 1.19. The van der Waals surface area contributed by atoms with Crippen LogP contribution in [-0.4, -0.2) is 72.5 Å². The maximum atomic E-state index is 6.50. The van der Waals surface area contributed by atoms with Crippen molar-refractivity contribution in [2.75, 3.05) is 0 Å². The summed E-state index contributed by atoms with van der Waals surface area (Å²) >= 11 is 0. The van der Waals surface area contributed by atoms with E-state index in [-0.39, 0.29) is 38.7 Å². The molecule has 0 spiro atoms. The van der Waals surface area contributed by atoms with Gasteiger partial charge in [-0.25, -0.2) is 15.0 Å². The Morgan fingerprint density at radius 2 is 0.923 bits per heavy atom. The average molecular weight is 665 g/mol. The van der Waals surface area contributed by atoms with Crippen LogP contribution in [0.4, 0.5) is 0 Å². The second kappa shape index (κ2) is 11.5. The monoisotopic (exact) mass is 665 g/mol. The van der Waals surface area contributed by atoms with Crippen LogP contribution < -0.4 is 32.8 Å². The van der Waals surface area contributed by atoms with Crippen LogP contribution >= 0.6 is 0 Å². The second-order valence-corrected chi connectivity index (χ2v) is 14.2. The number of benzene rings is 5. The van der Waals surface area contributed by atoms with Gasteiger partial charge in [0.1, 0.15) is 61.6 Å². The second-order valence-electron chi connectivity index (χ2n) is 14.2. The Morgan fingerprint density at radius 3 is 1.50 bits per heavy atom. The molecule has 238 valence electrons. The van der Waals surface area contributed by atoms with Gasteiger partial charge in [0, 0.05) is 38.2 Å². The molecular formula is C39H25B6N3O4. The van der Waals surface area contributed by atoms with Crippen LogP contribution in [-0.2, 0) is 9.31 Å². The van der Waals surface area contributed by atoms with Gasteiger partial charge in [0.05, 0.1) is 11.2 Å². The van der Waals surface area contributed by atoms with Crippen molar-refractivity contribution in [2.45, 2.75) is 38.9 Å². The molecule has 0 bridgehead atoms. The Bertz CT molecular complexity index is 2750. The first-order valence-corrected chi connectivity index (χ1v) is 16.8. The largest absolute Gasteiger partial charge is 0.494 e. The minimum Gasteiger partial charge on any atom is -0.456 e. The summed E-state index contributed by atoms with van der Waals surface area (Å²) < 4.78 is 25.2. The van der Waals surface area contributed by atoms with Gasteiger partial charge in [-0.05, 0) is 69.6 Å². The molecule has 1 aliphatic heterocycles. The molecule has 1 saturated heterocycles. The minimum absolute atomic E-state index is 0.0949. The van der Waals surface area contributed by atoms with E-state index in [2.05, 4.69) is 0 Å². The van der Waals surface area contributed by atoms with Gasteiger partial charge in [-0.3, -0.25) is 0 Å². The third kappa shape index (κ3) is 5.01. The number of furan rings is 2. The SMILES string of the molecule is [B]c1c([B])c([B])c(-c2nc(-c3ccc4c(c3)oc3ccccc34)nc(-c3ccc4c(c3)oc3cc(B5OC(C)(C)C(C)(C)O5)ccc34)n2)c([B])c1[B]. The van der Waals surface area contributed by atoms with Crippen LogP contribution in [0.2, 0.25) is 0 Å². The van der Waals surface area contributed by atoms with E-state index >= 15 is 0 Å². The lowest BCUT2D eigenvalue weighted by atomic mass is 9.60. The molecule has 0 saturated carbocycles. The molecular weight excluding hydrogens is 639 g/mol. The van der Waals surface area contributed by atoms with Crippen molar-refractivity contribution in [1.29, 1.82) is 0 Å². The molecule has 0 unspecified atom stereocenters. The van der Waals surface area contributed by atoms with E-state index < -0.39 is 18.3 Å². The van der Waals surface area contributed by atoms with Crippen LogP contribution in [0, 0.1) is 0 Å². The summed E-state index contributed by atoms with van der Waals surface area (Å²) in [6.45, 7) is 8.12. The summed E-state index contributed by atoms with van der Waals surface area (Å²) in [5, 5.41) is 3.86. The summed E-state index contributed by atoms with van der Waals surface area (Å²) in [6.07, 6.45) is 0. The van der Waals surface area contributed by atoms with Gasteiger partial charge >= 0.3 is 7.12 Å². The zero-order chi connectivity index (χ0) is 36.3. The van der Waals surface area contributed by atoms with E-state index in [1.807, 2.05) is 107 Å². The number of fused-ring (bicyclic) bond motifs is 6. The van der Waals surface area contributed by atoms with Crippen LogP contribution in [0.3, 0.4) is 0 Å². The first-order chi connectivity index (χ1) is 24.8. The van der Waals surface area contributed by atoms with Gasteiger partial charge in [0.15, 0.2) is 17.5 Å². The predicted molar refractivity (Wildman–Crippen MR) is 213 cm³/mol. The highest BCUT2D eigenvalue weighted by Gasteiger charge is 2.51. The normalized spacial score (nSPS) is 15.4. The number of rotatable bonds is 4. The molecule has 8 aromatic rings. The fraction of sp³-hybridized carbons (Fsp3) is 0.154. The molecule has 0 amide bonds. The van der Waals surface area contributed by atoms with Crippen molar-refractivity contribution in [2.24, 2.45) is 0 Å². The fourth-order valence-electron chi connectivity index (χ4n) is 6.76. The zero-order valence-electron chi connectivity index (χ0n) is 28.9. The first-order valence-electron chi connectivity index (χ1n) is 16.8. The van der Waals surface area contributed by atoms with Gasteiger partial charge in [-0.15, -0.1) is 16.4 Å². The topological polar surface area (TPSA) is 83.4 Å². The molecule has 0 aliphatic carbocycles. The van der Waals surface area contributed by atoms with Crippen molar-refractivity contribution in [3.63, 3.8) is 0 Å². The molecule has 52 heavy (non-hydrogen) atoms. The molecule has 4 heterocycles. The zero-order valence-corrected chi connectivity index (χ0v) is 28.9. The number of para-hydroxylation sites is 1. The summed E-state index contributed by atoms with van der Waals surface area (Å²) in [5.74, 6) is 0.875. The van der Waals surface area contributed by atoms with Crippen molar-refractivity contribution >= 4 is 123 Å². The number of hydrogen-bond acceptors (Lipinski definition) is 7. The third-order valence-corrected chi connectivity index (χ3v) is 10.5. The molecule has 0 atom stereocenters. The minimum atomic E-state index is -0.518. The van der Waals surface area contributed by atoms with Gasteiger partial charge in [0.25, 0.3) is 0 Å². The average Bonchev–Trinajstić information content (AvgIpc) is 3.76. The highest BCUT2D eigenvalue weighted by molar-refractivity contribution is 6.68. The smallest absolute Gasteiger partial charge is 0.456 e. The lowest BCUT2D eigenvalue weighted by molar-refractivity contribution is 0.00578. The quantitative estimate of drug-likeness (QED) is 0.268. The lowest BCUT2D eigenvalue weighted by Gasteiger charge is -2.32. The standard InChI is InChI=1S/C39H25B6N3O4/c1-38(2)39(3,4)52-45(51-38)20-11-14-24-23-13-10-19(16-27(23)50-28(24)17-20)36-46-35(18-9-12-22-21-7-5-6-8-25(21)49-26(22)15-18)47-37(48-36)29-30(40)32(42)34(44)33(43)31(29)41/h5-17H,1-4H3. The van der Waals surface area contributed by atoms with E-state index in [9.17, 15) is 0 Å². The number of hydrogen-bond donors (Lipinski definition) is 0. The first kappa shape index (κ1) is 32.9. The molecule has 9 rings (SSSR count). The highest BCUT2D eigenvalue weighted by Crippen LogP contribution is 2.38. The van der Waals surface area contributed by atoms with Gasteiger partial charge in [-0.1, -0.05) is 53.4 Å². The summed E-state index contributed by atoms with van der Waals surface area (Å²) in [4.78, 5) is 14.6. The summed E-state index contributed by atoms with van der Waals surface area (Å²) in [7, 11) is 31.1. The highest BCUT2D eigenvalue weighted by atomic mass is 16.7. The molecule has 13 heteroatoms. The van der Waals surface area contributed by atoms with Gasteiger partial charge in [-0.2, -0.15) is 0 Å². The van der Waals surface area contributed by atoms with E-state index in [0.717, 1.165) is 32.6 Å². The predicted octanol–water partition coefficient (Wildman–Crippen LogP) is 2.94.